The van der Waals surface area contributed by atoms with Gasteiger partial charge in [-0.2, -0.15) is 0 Å². The first-order valence-electron chi connectivity index (χ1n) is 9.35. The van der Waals surface area contributed by atoms with E-state index in [-0.39, 0.29) is 49.3 Å². The lowest BCUT2D eigenvalue weighted by atomic mass is 9.84. The van der Waals surface area contributed by atoms with Gasteiger partial charge in [-0.25, -0.2) is 0 Å². The molecule has 0 aromatic heterocycles. The predicted octanol–water partition coefficient (Wildman–Crippen LogP) is 4.88. The van der Waals surface area contributed by atoms with Gasteiger partial charge in [0.1, 0.15) is 0 Å². The summed E-state index contributed by atoms with van der Waals surface area (Å²) in [6.07, 6.45) is 0.0812. The Bertz CT molecular complexity index is 414. The molecule has 1 aliphatic heterocycles. The third kappa shape index (κ3) is 6.21. The number of ether oxygens (including phenoxy) is 2. The monoisotopic (exact) mass is 410 g/mol. The van der Waals surface area contributed by atoms with Crippen molar-refractivity contribution in [1.82, 2.24) is 0 Å². The summed E-state index contributed by atoms with van der Waals surface area (Å²) in [6.45, 7) is 20.8. The van der Waals surface area contributed by atoms with Gasteiger partial charge < -0.3 is 19.0 Å². The van der Waals surface area contributed by atoms with Gasteiger partial charge in [0, 0.05) is 24.4 Å². The van der Waals surface area contributed by atoms with Crippen LogP contribution >= 0.6 is 16.5 Å². The molecule has 0 saturated carbocycles. The van der Waals surface area contributed by atoms with Crippen molar-refractivity contribution in [3.63, 3.8) is 0 Å². The second-order valence-electron chi connectivity index (χ2n) is 9.25. The summed E-state index contributed by atoms with van der Waals surface area (Å²) in [5, 5.41) is 9.97. The van der Waals surface area contributed by atoms with Crippen LogP contribution < -0.4 is 0 Å². The van der Waals surface area contributed by atoms with Crippen LogP contribution in [-0.2, 0) is 13.9 Å². The van der Waals surface area contributed by atoms with E-state index in [9.17, 15) is 5.11 Å². The minimum absolute atomic E-state index is 0.00955. The number of aliphatic hydroxyl groups is 1. The fourth-order valence-corrected chi connectivity index (χ4v) is 5.65. The summed E-state index contributed by atoms with van der Waals surface area (Å²) in [4.78, 5) is 0. The van der Waals surface area contributed by atoms with E-state index in [0.29, 0.717) is 5.92 Å². The van der Waals surface area contributed by atoms with E-state index in [2.05, 4.69) is 70.2 Å². The number of rotatable bonds is 7. The first-order valence-corrected chi connectivity index (χ1v) is 15.7. The third-order valence-electron chi connectivity index (χ3n) is 5.79. The number of hydrogen-bond acceptors (Lipinski definition) is 4. The van der Waals surface area contributed by atoms with Crippen LogP contribution in [0.1, 0.15) is 41.5 Å². The molecule has 1 saturated heterocycles. The molecule has 25 heavy (non-hydrogen) atoms. The Morgan fingerprint density at radius 3 is 2.32 bits per heavy atom. The Balaban J connectivity index is 3.01. The van der Waals surface area contributed by atoms with E-state index < -0.39 is 8.32 Å². The molecule has 0 bridgehead atoms. The van der Waals surface area contributed by atoms with Crippen LogP contribution in [0.2, 0.25) is 18.1 Å². The molecule has 8 atom stereocenters. The summed E-state index contributed by atoms with van der Waals surface area (Å²) in [6, 6.07) is -0.124. The van der Waals surface area contributed by atoms with Gasteiger partial charge in [0.25, 0.3) is 0 Å². The van der Waals surface area contributed by atoms with E-state index in [0.717, 1.165) is 6.61 Å². The summed E-state index contributed by atoms with van der Waals surface area (Å²) >= 11 is 0. The van der Waals surface area contributed by atoms with Gasteiger partial charge in [-0.3, -0.25) is 0 Å². The second-order valence-corrected chi connectivity index (χ2v) is 18.2. The molecule has 1 heterocycles. The van der Waals surface area contributed by atoms with E-state index >= 15 is 0 Å². The fourth-order valence-electron chi connectivity index (χ4n) is 3.04. The van der Waals surface area contributed by atoms with Crippen molar-refractivity contribution in [2.75, 3.05) is 19.9 Å². The minimum atomic E-state index is -1.93. The summed E-state index contributed by atoms with van der Waals surface area (Å²) in [5.41, 5.74) is 0. The molecule has 1 aliphatic rings. The van der Waals surface area contributed by atoms with E-state index in [1.165, 1.54) is 0 Å². The maximum atomic E-state index is 9.83. The Hall–Kier alpha value is 0.917. The predicted molar refractivity (Wildman–Crippen MR) is 114 cm³/mol. The molecular weight excluding hydrogens is 370 g/mol. The van der Waals surface area contributed by atoms with Crippen LogP contribution in [0.15, 0.2) is 0 Å². The van der Waals surface area contributed by atoms with Gasteiger partial charge in [-0.1, -0.05) is 41.5 Å². The van der Waals surface area contributed by atoms with Gasteiger partial charge in [0.05, 0.1) is 18.8 Å². The van der Waals surface area contributed by atoms with Crippen molar-refractivity contribution in [1.29, 1.82) is 0 Å². The molecule has 0 radical (unpaired) electrons. The Labute approximate surface area is 159 Å². The summed E-state index contributed by atoms with van der Waals surface area (Å²) in [5.74, 6) is 0.612. The van der Waals surface area contributed by atoms with Crippen LogP contribution in [0.5, 0.6) is 0 Å². The zero-order valence-corrected chi connectivity index (χ0v) is 20.6. The van der Waals surface area contributed by atoms with E-state index in [4.69, 9.17) is 13.9 Å². The zero-order valence-electron chi connectivity index (χ0n) is 17.6. The van der Waals surface area contributed by atoms with Crippen molar-refractivity contribution in [2.24, 2.45) is 17.8 Å². The van der Waals surface area contributed by atoms with Gasteiger partial charge in [-0.05, 0) is 32.4 Å². The summed E-state index contributed by atoms with van der Waals surface area (Å²) in [7, 11) is 0.520. The Morgan fingerprint density at radius 1 is 1.32 bits per heavy atom. The van der Waals surface area contributed by atoms with Gasteiger partial charge in [0.2, 0.25) is 0 Å². The van der Waals surface area contributed by atoms with Gasteiger partial charge >= 0.3 is 0 Å². The standard InChI is InChI=1S/C18H40O4P2Si/c1-12(10-19)16(22-25(8,9)18(4,5)6)14(3)15-13(2)11-20-17(21-15)24(7)23/h12-17,19H,10-11,23H2,1-9H3/t12-,13-,14+,15-,16+,17?,24?/m0/s1. The zero-order chi connectivity index (χ0) is 19.6. The third-order valence-corrected chi connectivity index (χ3v) is 11.9. The topological polar surface area (TPSA) is 47.9 Å². The van der Waals surface area contributed by atoms with E-state index in [1.807, 2.05) is 0 Å². The maximum absolute atomic E-state index is 9.83. The van der Waals surface area contributed by atoms with Crippen molar-refractivity contribution in [3.8, 4) is 0 Å². The van der Waals surface area contributed by atoms with E-state index in [1.54, 1.807) is 0 Å². The van der Waals surface area contributed by atoms with Crippen molar-refractivity contribution >= 4 is 24.9 Å². The minimum Gasteiger partial charge on any atom is -0.413 e. The van der Waals surface area contributed by atoms with Gasteiger partial charge in [-0.15, -0.1) is 8.93 Å². The highest BCUT2D eigenvalue weighted by atomic mass is 32.0. The van der Waals surface area contributed by atoms with Crippen LogP contribution in [0.3, 0.4) is 0 Å². The first-order chi connectivity index (χ1) is 11.3. The Morgan fingerprint density at radius 2 is 1.88 bits per heavy atom. The lowest BCUT2D eigenvalue weighted by Gasteiger charge is -2.46. The maximum Gasteiger partial charge on any atom is 0.192 e. The fraction of sp³-hybridized carbons (Fsp3) is 1.00. The van der Waals surface area contributed by atoms with Crippen LogP contribution in [0, 0.1) is 17.8 Å². The lowest BCUT2D eigenvalue weighted by molar-refractivity contribution is -0.214. The SMILES string of the molecule is C[C@H]([C@H]1OC(P(C)P)OC[C@@H]1C)[C@H](O[Si](C)(C)C(C)(C)C)[C@@H](C)CO. The highest BCUT2D eigenvalue weighted by Gasteiger charge is 2.45. The molecule has 150 valence electrons. The summed E-state index contributed by atoms with van der Waals surface area (Å²) < 4.78 is 19.0. The average Bonchev–Trinajstić information content (AvgIpc) is 2.50. The molecule has 0 aromatic carbocycles. The second kappa shape index (κ2) is 9.41. The molecule has 0 aliphatic carbocycles. The lowest BCUT2D eigenvalue weighted by Crippen LogP contribution is -2.52. The van der Waals surface area contributed by atoms with Crippen LogP contribution in [0.25, 0.3) is 0 Å². The molecule has 0 aromatic rings. The molecule has 1 fully saturated rings. The van der Waals surface area contributed by atoms with Gasteiger partial charge in [0.15, 0.2) is 14.3 Å². The molecule has 1 N–H and O–H groups in total. The molecule has 0 amide bonds. The molecule has 0 spiro atoms. The van der Waals surface area contributed by atoms with Crippen molar-refractivity contribution in [2.45, 2.75) is 77.9 Å². The normalized spacial score (nSPS) is 30.6. The quantitative estimate of drug-likeness (QED) is 0.480. The number of hydrogen-bond donors (Lipinski definition) is 1. The highest BCUT2D eigenvalue weighted by Crippen LogP contribution is 2.50. The van der Waals surface area contributed by atoms with Crippen LogP contribution in [0.4, 0.5) is 0 Å². The molecule has 1 rings (SSSR count). The largest absolute Gasteiger partial charge is 0.413 e. The highest BCUT2D eigenvalue weighted by molar-refractivity contribution is 8.13. The molecule has 4 nitrogen and oxygen atoms in total. The Kier molecular flexibility index (Phi) is 9.02. The van der Waals surface area contributed by atoms with Crippen LogP contribution in [-0.4, -0.2) is 51.5 Å². The number of aliphatic hydroxyl groups excluding tert-OH is 1. The van der Waals surface area contributed by atoms with Crippen molar-refractivity contribution in [3.05, 3.63) is 0 Å². The average molecular weight is 411 g/mol. The first kappa shape index (κ1) is 24.0. The molecule has 7 heteroatoms. The molecular formula is C18H40O4P2Si. The smallest absolute Gasteiger partial charge is 0.192 e. The van der Waals surface area contributed by atoms with Crippen molar-refractivity contribution < 1.29 is 19.0 Å². The molecule has 3 unspecified atom stereocenters.